The van der Waals surface area contributed by atoms with Crippen molar-refractivity contribution in [1.82, 2.24) is 24.9 Å². The lowest BCUT2D eigenvalue weighted by molar-refractivity contribution is -0.184. The van der Waals surface area contributed by atoms with Gasteiger partial charge in [-0.1, -0.05) is 24.3 Å². The highest BCUT2D eigenvalue weighted by Crippen LogP contribution is 2.65. The molecule has 2 saturated carbocycles. The molecule has 0 bridgehead atoms. The number of aryl methyl sites for hydroxylation is 1. The van der Waals surface area contributed by atoms with Crippen molar-refractivity contribution >= 4 is 0 Å². The highest BCUT2D eigenvalue weighted by atomic mass is 19.4. The molecule has 14 heteroatoms. The number of hydrogen-bond acceptors (Lipinski definition) is 10. The Morgan fingerprint density at radius 1 is 1.02 bits per heavy atom. The average molecular weight is 742 g/mol. The number of rotatable bonds is 8. The number of likely N-dealkylation sites (tertiary alicyclic amines) is 1. The summed E-state index contributed by atoms with van der Waals surface area (Å²) < 4.78 is 52.3. The third-order valence-electron chi connectivity index (χ3n) is 13.6. The van der Waals surface area contributed by atoms with Gasteiger partial charge < -0.3 is 34.8 Å². The van der Waals surface area contributed by atoms with Crippen LogP contribution in [0, 0.1) is 17.3 Å². The molecule has 8 rings (SSSR count). The highest BCUT2D eigenvalue weighted by Gasteiger charge is 2.61. The number of alkyl halides is 3. The quantitative estimate of drug-likeness (QED) is 0.239. The highest BCUT2D eigenvalue weighted by molar-refractivity contribution is 5.40. The van der Waals surface area contributed by atoms with Crippen LogP contribution in [0.3, 0.4) is 0 Å². The van der Waals surface area contributed by atoms with Crippen LogP contribution < -0.4 is 4.74 Å². The van der Waals surface area contributed by atoms with Gasteiger partial charge in [-0.2, -0.15) is 13.2 Å². The molecule has 0 spiro atoms. The number of phenolic OH excluding ortho intramolecular Hbond substituents is 1. The fourth-order valence-corrected chi connectivity index (χ4v) is 10.6. The Labute approximate surface area is 307 Å². The lowest BCUT2D eigenvalue weighted by Gasteiger charge is -2.53. The van der Waals surface area contributed by atoms with Crippen molar-refractivity contribution < 1.29 is 43.1 Å². The van der Waals surface area contributed by atoms with Crippen molar-refractivity contribution in [2.24, 2.45) is 17.3 Å². The van der Waals surface area contributed by atoms with Gasteiger partial charge in [-0.15, -0.1) is 5.10 Å². The maximum absolute atomic E-state index is 13.1. The SMILES string of the molecule is C[C@]12CC[C@@H]3c4ccc(O)cc4CC[C@H]3[C@@H]1CC[C@@]2(O)CCCN1CCC(n2cc([C@H]3OC[C@H](Oc4cccc(C(F)(F)F)n4)[C@@H](O)[C@H]3O)nn2)CC1. The molecule has 3 aromatic rings. The number of fused-ring (bicyclic) bond motifs is 5. The minimum atomic E-state index is -4.65. The summed E-state index contributed by atoms with van der Waals surface area (Å²) in [6.45, 7) is 4.87. The largest absolute Gasteiger partial charge is 0.508 e. The zero-order valence-corrected chi connectivity index (χ0v) is 30.0. The second-order valence-corrected chi connectivity index (χ2v) is 16.4. The van der Waals surface area contributed by atoms with Crippen molar-refractivity contribution in [2.45, 2.75) is 119 Å². The second kappa shape index (κ2) is 14.1. The standard InChI is InChI=1S/C39H50F3N5O6/c1-37-15-10-27-26-9-7-25(48)20-23(26)6-8-28(27)29(37)11-16-38(37,51)14-3-17-46-18-12-24(13-19-46)47-21-30(44-45-47)36-35(50)34(49)31(22-52-36)53-33-5-2-4-32(43-33)39(40,41)42/h2,4-5,7,9,20-21,24,27-29,31,34-36,48-51H,3,6,8,10-19,22H2,1H3/t27-,28-,29+,31+,34-,35-,36-,37+,38+/m1/s1. The average Bonchev–Trinajstić information content (AvgIpc) is 3.73. The molecule has 0 radical (unpaired) electrons. The van der Waals surface area contributed by atoms with E-state index < -0.39 is 41.9 Å². The van der Waals surface area contributed by atoms with Crippen LogP contribution in [0.1, 0.15) is 105 Å². The van der Waals surface area contributed by atoms with Gasteiger partial charge in [0.05, 0.1) is 24.4 Å². The van der Waals surface area contributed by atoms with Crippen LogP contribution in [0.15, 0.2) is 42.6 Å². The van der Waals surface area contributed by atoms with Crippen LogP contribution in [-0.2, 0) is 17.3 Å². The van der Waals surface area contributed by atoms with Crippen LogP contribution in [0.2, 0.25) is 0 Å². The first-order valence-electron chi connectivity index (χ1n) is 19.2. The van der Waals surface area contributed by atoms with E-state index in [4.69, 9.17) is 9.47 Å². The van der Waals surface area contributed by atoms with Gasteiger partial charge in [0.2, 0.25) is 5.88 Å². The Kier molecular flexibility index (Phi) is 9.74. The number of aromatic hydroxyl groups is 1. The molecule has 4 fully saturated rings. The van der Waals surface area contributed by atoms with Crippen molar-refractivity contribution in [3.05, 3.63) is 65.1 Å². The second-order valence-electron chi connectivity index (χ2n) is 16.4. The van der Waals surface area contributed by atoms with Gasteiger partial charge in [0.25, 0.3) is 0 Å². The summed E-state index contributed by atoms with van der Waals surface area (Å²) in [6, 6.07) is 9.26. The molecular formula is C39H50F3N5O6. The Balaban J connectivity index is 0.807. The monoisotopic (exact) mass is 741 g/mol. The summed E-state index contributed by atoms with van der Waals surface area (Å²) >= 11 is 0. The Bertz CT molecular complexity index is 1770. The molecular weight excluding hydrogens is 691 g/mol. The molecule has 3 aliphatic carbocycles. The Morgan fingerprint density at radius 2 is 1.83 bits per heavy atom. The van der Waals surface area contributed by atoms with Crippen LogP contribution in [-0.4, -0.2) is 95.5 Å². The molecule has 0 unspecified atom stereocenters. The molecule has 2 aromatic heterocycles. The first-order valence-corrected chi connectivity index (χ1v) is 19.2. The zero-order chi connectivity index (χ0) is 37.1. The molecule has 288 valence electrons. The summed E-state index contributed by atoms with van der Waals surface area (Å²) in [4.78, 5) is 5.93. The van der Waals surface area contributed by atoms with E-state index in [9.17, 15) is 33.6 Å². The Hall–Kier alpha value is -3.30. The molecule has 1 aromatic carbocycles. The van der Waals surface area contributed by atoms with Gasteiger partial charge in [0.15, 0.2) is 6.10 Å². The molecule has 2 aliphatic heterocycles. The summed E-state index contributed by atoms with van der Waals surface area (Å²) in [6.07, 6.45) is 1.80. The number of nitrogens with zero attached hydrogens (tertiary/aromatic N) is 5. The third-order valence-corrected chi connectivity index (χ3v) is 13.6. The number of pyridine rings is 1. The molecule has 4 heterocycles. The fraction of sp³-hybridized carbons (Fsp3) is 0.667. The van der Waals surface area contributed by atoms with Crippen molar-refractivity contribution in [1.29, 1.82) is 0 Å². The molecule has 0 amide bonds. The maximum Gasteiger partial charge on any atom is 0.433 e. The molecule has 5 aliphatic rings. The van der Waals surface area contributed by atoms with E-state index in [1.54, 1.807) is 10.9 Å². The Morgan fingerprint density at radius 3 is 2.62 bits per heavy atom. The predicted octanol–water partition coefficient (Wildman–Crippen LogP) is 5.34. The summed E-state index contributed by atoms with van der Waals surface area (Å²) in [5.74, 6) is 1.67. The van der Waals surface area contributed by atoms with Gasteiger partial charge >= 0.3 is 6.18 Å². The van der Waals surface area contributed by atoms with Crippen LogP contribution in [0.5, 0.6) is 11.6 Å². The molecule has 2 saturated heterocycles. The van der Waals surface area contributed by atoms with E-state index in [0.29, 0.717) is 29.2 Å². The number of halogens is 3. The van der Waals surface area contributed by atoms with E-state index in [1.165, 1.54) is 17.2 Å². The van der Waals surface area contributed by atoms with Crippen molar-refractivity contribution in [3.8, 4) is 11.6 Å². The van der Waals surface area contributed by atoms with Crippen LogP contribution >= 0.6 is 0 Å². The number of piperidine rings is 1. The summed E-state index contributed by atoms with van der Waals surface area (Å²) in [5.41, 5.74) is 1.24. The number of aliphatic hydroxyl groups is 3. The van der Waals surface area contributed by atoms with E-state index in [1.807, 2.05) is 12.1 Å². The first-order chi connectivity index (χ1) is 25.3. The summed E-state index contributed by atoms with van der Waals surface area (Å²) in [5, 5.41) is 52.4. The minimum Gasteiger partial charge on any atom is -0.508 e. The van der Waals surface area contributed by atoms with E-state index >= 15 is 0 Å². The zero-order valence-electron chi connectivity index (χ0n) is 30.0. The fourth-order valence-electron chi connectivity index (χ4n) is 10.6. The molecule has 53 heavy (non-hydrogen) atoms. The van der Waals surface area contributed by atoms with Crippen LogP contribution in [0.25, 0.3) is 0 Å². The summed E-state index contributed by atoms with van der Waals surface area (Å²) in [7, 11) is 0. The van der Waals surface area contributed by atoms with Gasteiger partial charge in [-0.3, -0.25) is 0 Å². The van der Waals surface area contributed by atoms with E-state index in [0.717, 1.165) is 96.0 Å². The van der Waals surface area contributed by atoms with Gasteiger partial charge in [-0.25, -0.2) is 9.67 Å². The lowest BCUT2D eigenvalue weighted by atomic mass is 9.53. The number of hydrogen-bond donors (Lipinski definition) is 4. The topological polar surface area (TPSA) is 146 Å². The van der Waals surface area contributed by atoms with Gasteiger partial charge in [0, 0.05) is 19.2 Å². The van der Waals surface area contributed by atoms with Gasteiger partial charge in [0.1, 0.15) is 35.4 Å². The van der Waals surface area contributed by atoms with E-state index in [-0.39, 0.29) is 23.9 Å². The normalized spacial score (nSPS) is 35.0. The van der Waals surface area contributed by atoms with Crippen molar-refractivity contribution in [2.75, 3.05) is 26.2 Å². The minimum absolute atomic E-state index is 0.0697. The van der Waals surface area contributed by atoms with Crippen molar-refractivity contribution in [3.63, 3.8) is 0 Å². The predicted molar refractivity (Wildman–Crippen MR) is 186 cm³/mol. The lowest BCUT2D eigenvalue weighted by Crippen LogP contribution is -2.51. The number of benzene rings is 1. The van der Waals surface area contributed by atoms with Gasteiger partial charge in [-0.05, 0) is 123 Å². The van der Waals surface area contributed by atoms with Crippen LogP contribution in [0.4, 0.5) is 13.2 Å². The molecule has 4 N–H and O–H groups in total. The smallest absolute Gasteiger partial charge is 0.433 e. The number of phenols is 1. The first kappa shape index (κ1) is 36.7. The maximum atomic E-state index is 13.1. The third kappa shape index (κ3) is 6.83. The molecule has 9 atom stereocenters. The number of aliphatic hydroxyl groups excluding tert-OH is 2. The molecule has 11 nitrogen and oxygen atoms in total. The van der Waals surface area contributed by atoms with E-state index in [2.05, 4.69) is 33.2 Å². The number of aromatic nitrogens is 4. The number of ether oxygens (including phenoxy) is 2.